The standard InChI is InChI=1S/C25H28N4O3/c1-15(22(30)29-24-26-12-7-13-27-24)32-23(31)21-17-8-5-6-9-19(17)28-20-11-10-16(14-18(20)21)25(2,3)4/h5-9,12-13,15-16H,10-11,14H2,1-4H3,(H,26,27,29,30)/t15-,16-/m1/s1. The van der Waals surface area contributed by atoms with Crippen LogP contribution in [0.15, 0.2) is 42.7 Å². The number of rotatable bonds is 4. The van der Waals surface area contributed by atoms with E-state index in [2.05, 4.69) is 36.1 Å². The van der Waals surface area contributed by atoms with Crippen LogP contribution >= 0.6 is 0 Å². The number of carbonyl (C=O) groups excluding carboxylic acids is 2. The lowest BCUT2D eigenvalue weighted by Crippen LogP contribution is -2.32. The van der Waals surface area contributed by atoms with Gasteiger partial charge in [-0.1, -0.05) is 39.0 Å². The van der Waals surface area contributed by atoms with Gasteiger partial charge in [-0.2, -0.15) is 0 Å². The third-order valence-corrected chi connectivity index (χ3v) is 6.14. The molecule has 4 rings (SSSR count). The molecule has 3 aromatic rings. The molecule has 0 radical (unpaired) electrons. The van der Waals surface area contributed by atoms with Crippen LogP contribution in [0.5, 0.6) is 0 Å². The number of para-hydroxylation sites is 1. The fraction of sp³-hybridized carbons (Fsp3) is 0.400. The van der Waals surface area contributed by atoms with Gasteiger partial charge in [-0.15, -0.1) is 0 Å². The molecule has 1 aromatic carbocycles. The van der Waals surface area contributed by atoms with E-state index in [0.717, 1.165) is 41.4 Å². The Kier molecular flexibility index (Phi) is 5.91. The van der Waals surface area contributed by atoms with Crippen LogP contribution in [0.1, 0.15) is 55.7 Å². The molecule has 1 amide bonds. The highest BCUT2D eigenvalue weighted by atomic mass is 16.5. The number of esters is 1. The summed E-state index contributed by atoms with van der Waals surface area (Å²) in [6.45, 7) is 8.23. The van der Waals surface area contributed by atoms with Gasteiger partial charge in [-0.05, 0) is 55.2 Å². The molecule has 2 atom stereocenters. The summed E-state index contributed by atoms with van der Waals surface area (Å²) in [5.41, 5.74) is 3.30. The Labute approximate surface area is 187 Å². The first-order valence-electron chi connectivity index (χ1n) is 10.9. The van der Waals surface area contributed by atoms with E-state index in [9.17, 15) is 9.59 Å². The summed E-state index contributed by atoms with van der Waals surface area (Å²) in [4.78, 5) is 38.7. The first-order chi connectivity index (χ1) is 15.2. The summed E-state index contributed by atoms with van der Waals surface area (Å²) in [5.74, 6) is -0.393. The van der Waals surface area contributed by atoms with Crippen LogP contribution < -0.4 is 5.32 Å². The van der Waals surface area contributed by atoms with E-state index >= 15 is 0 Å². The number of hydrogen-bond donors (Lipinski definition) is 1. The third kappa shape index (κ3) is 4.47. The average molecular weight is 433 g/mol. The van der Waals surface area contributed by atoms with Crippen molar-refractivity contribution in [3.63, 3.8) is 0 Å². The van der Waals surface area contributed by atoms with Crippen molar-refractivity contribution in [1.29, 1.82) is 0 Å². The van der Waals surface area contributed by atoms with Gasteiger partial charge < -0.3 is 4.74 Å². The number of fused-ring (bicyclic) bond motifs is 2. The molecule has 2 aromatic heterocycles. The molecule has 7 heteroatoms. The first-order valence-corrected chi connectivity index (χ1v) is 10.9. The zero-order chi connectivity index (χ0) is 22.9. The highest BCUT2D eigenvalue weighted by Gasteiger charge is 2.33. The lowest BCUT2D eigenvalue weighted by atomic mass is 9.70. The number of anilines is 1. The SMILES string of the molecule is C[C@@H](OC(=O)c1c2c(nc3ccccc13)CC[C@@H](C(C)(C)C)C2)C(=O)Nc1ncccn1. The van der Waals surface area contributed by atoms with Crippen molar-refractivity contribution in [3.8, 4) is 0 Å². The van der Waals surface area contributed by atoms with Gasteiger partial charge in [0, 0.05) is 23.5 Å². The molecule has 0 spiro atoms. The topological polar surface area (TPSA) is 94.1 Å². The second-order valence-corrected chi connectivity index (χ2v) is 9.34. The van der Waals surface area contributed by atoms with Crippen molar-refractivity contribution >= 4 is 28.7 Å². The molecule has 2 heterocycles. The molecule has 0 aliphatic heterocycles. The number of pyridine rings is 1. The molecule has 1 aliphatic rings. The number of aryl methyl sites for hydroxylation is 1. The predicted molar refractivity (Wildman–Crippen MR) is 122 cm³/mol. The Morgan fingerprint density at radius 1 is 1.12 bits per heavy atom. The maximum Gasteiger partial charge on any atom is 0.339 e. The Morgan fingerprint density at radius 2 is 1.84 bits per heavy atom. The molecule has 0 unspecified atom stereocenters. The van der Waals surface area contributed by atoms with E-state index < -0.39 is 18.0 Å². The van der Waals surface area contributed by atoms with Crippen LogP contribution in [0.2, 0.25) is 0 Å². The zero-order valence-corrected chi connectivity index (χ0v) is 18.9. The van der Waals surface area contributed by atoms with Crippen molar-refractivity contribution in [2.45, 2.75) is 53.1 Å². The quantitative estimate of drug-likeness (QED) is 0.616. The molecule has 1 N–H and O–H groups in total. The molecule has 166 valence electrons. The fourth-order valence-corrected chi connectivity index (χ4v) is 4.21. The van der Waals surface area contributed by atoms with Crippen LogP contribution in [0, 0.1) is 11.3 Å². The van der Waals surface area contributed by atoms with Gasteiger partial charge in [0.1, 0.15) is 0 Å². The van der Waals surface area contributed by atoms with Crippen LogP contribution in [0.4, 0.5) is 5.95 Å². The lowest BCUT2D eigenvalue weighted by molar-refractivity contribution is -0.123. The van der Waals surface area contributed by atoms with Crippen LogP contribution in [-0.4, -0.2) is 32.9 Å². The molecular formula is C25H28N4O3. The molecule has 0 saturated heterocycles. The van der Waals surface area contributed by atoms with Crippen molar-refractivity contribution in [2.75, 3.05) is 5.32 Å². The minimum Gasteiger partial charge on any atom is -0.449 e. The summed E-state index contributed by atoms with van der Waals surface area (Å²) < 4.78 is 5.63. The van der Waals surface area contributed by atoms with E-state index in [1.54, 1.807) is 13.0 Å². The summed E-state index contributed by atoms with van der Waals surface area (Å²) in [7, 11) is 0. The zero-order valence-electron chi connectivity index (χ0n) is 18.9. The first kappa shape index (κ1) is 21.9. The Balaban J connectivity index is 1.65. The van der Waals surface area contributed by atoms with Crippen LogP contribution in [-0.2, 0) is 22.4 Å². The number of amides is 1. The molecule has 7 nitrogen and oxygen atoms in total. The van der Waals surface area contributed by atoms with E-state index in [-0.39, 0.29) is 11.4 Å². The van der Waals surface area contributed by atoms with E-state index in [4.69, 9.17) is 9.72 Å². The van der Waals surface area contributed by atoms with Gasteiger partial charge >= 0.3 is 5.97 Å². The number of nitrogens with one attached hydrogen (secondary N) is 1. The largest absolute Gasteiger partial charge is 0.449 e. The predicted octanol–water partition coefficient (Wildman–Crippen LogP) is 4.36. The molecule has 0 saturated carbocycles. The van der Waals surface area contributed by atoms with Crippen molar-refractivity contribution in [2.24, 2.45) is 11.3 Å². The fourth-order valence-electron chi connectivity index (χ4n) is 4.21. The van der Waals surface area contributed by atoms with E-state index in [0.29, 0.717) is 11.5 Å². The molecule has 32 heavy (non-hydrogen) atoms. The van der Waals surface area contributed by atoms with Gasteiger partial charge in [-0.3, -0.25) is 15.1 Å². The lowest BCUT2D eigenvalue weighted by Gasteiger charge is -2.35. The maximum absolute atomic E-state index is 13.4. The number of aromatic nitrogens is 3. The van der Waals surface area contributed by atoms with E-state index in [1.165, 1.54) is 12.4 Å². The normalized spacial score (nSPS) is 16.8. The number of hydrogen-bond acceptors (Lipinski definition) is 6. The monoisotopic (exact) mass is 432 g/mol. The highest BCUT2D eigenvalue weighted by Crippen LogP contribution is 2.39. The average Bonchev–Trinajstić information content (AvgIpc) is 2.76. The second kappa shape index (κ2) is 8.65. The number of carbonyl (C=O) groups is 2. The minimum absolute atomic E-state index is 0.118. The van der Waals surface area contributed by atoms with Gasteiger partial charge in [0.15, 0.2) is 6.10 Å². The van der Waals surface area contributed by atoms with Crippen molar-refractivity contribution in [1.82, 2.24) is 15.0 Å². The maximum atomic E-state index is 13.4. The highest BCUT2D eigenvalue weighted by molar-refractivity contribution is 6.06. The summed E-state index contributed by atoms with van der Waals surface area (Å²) in [5, 5.41) is 3.33. The molecular weight excluding hydrogens is 404 g/mol. The Hall–Kier alpha value is -3.35. The number of benzene rings is 1. The van der Waals surface area contributed by atoms with Crippen molar-refractivity contribution < 1.29 is 14.3 Å². The van der Waals surface area contributed by atoms with Gasteiger partial charge in [0.25, 0.3) is 5.91 Å². The Bertz CT molecular complexity index is 1160. The van der Waals surface area contributed by atoms with Crippen LogP contribution in [0.25, 0.3) is 10.9 Å². The summed E-state index contributed by atoms with van der Waals surface area (Å²) >= 11 is 0. The third-order valence-electron chi connectivity index (χ3n) is 6.14. The second-order valence-electron chi connectivity index (χ2n) is 9.34. The minimum atomic E-state index is -1.00. The molecule has 1 aliphatic carbocycles. The summed E-state index contributed by atoms with van der Waals surface area (Å²) in [6.07, 6.45) is 4.67. The van der Waals surface area contributed by atoms with Gasteiger partial charge in [-0.25, -0.2) is 14.8 Å². The molecule has 0 bridgehead atoms. The van der Waals surface area contributed by atoms with Crippen molar-refractivity contribution in [3.05, 3.63) is 59.5 Å². The van der Waals surface area contributed by atoms with Crippen LogP contribution in [0.3, 0.4) is 0 Å². The summed E-state index contributed by atoms with van der Waals surface area (Å²) in [6, 6.07) is 9.25. The van der Waals surface area contributed by atoms with Gasteiger partial charge in [0.05, 0.1) is 11.1 Å². The number of nitrogens with zero attached hydrogens (tertiary/aromatic N) is 3. The molecule has 0 fully saturated rings. The van der Waals surface area contributed by atoms with E-state index in [1.807, 2.05) is 24.3 Å². The smallest absolute Gasteiger partial charge is 0.339 e. The number of ether oxygens (including phenoxy) is 1. The Morgan fingerprint density at radius 3 is 2.56 bits per heavy atom. The van der Waals surface area contributed by atoms with Gasteiger partial charge in [0.2, 0.25) is 5.95 Å².